The minimum atomic E-state index is -3.30. The highest BCUT2D eigenvalue weighted by atomic mass is 32.2. The summed E-state index contributed by atoms with van der Waals surface area (Å²) < 4.78 is 29.8. The van der Waals surface area contributed by atoms with Crippen molar-refractivity contribution in [1.29, 1.82) is 0 Å². The van der Waals surface area contributed by atoms with E-state index in [1.807, 2.05) is 13.0 Å². The number of anilines is 1. The highest BCUT2D eigenvalue weighted by Gasteiger charge is 2.19. The van der Waals surface area contributed by atoms with E-state index in [2.05, 4.69) is 15.5 Å². The summed E-state index contributed by atoms with van der Waals surface area (Å²) >= 11 is 0. The van der Waals surface area contributed by atoms with Gasteiger partial charge in [-0.05, 0) is 50.6 Å². The quantitative estimate of drug-likeness (QED) is 0.681. The molecule has 8 heteroatoms. The lowest BCUT2D eigenvalue weighted by Gasteiger charge is -2.08. The number of carbonyl (C=O) groups excluding carboxylic acids is 1. The van der Waals surface area contributed by atoms with Crippen LogP contribution < -0.4 is 5.32 Å². The lowest BCUT2D eigenvalue weighted by molar-refractivity contribution is 0.102. The minimum Gasteiger partial charge on any atom is -0.407 e. The maximum atomic E-state index is 12.2. The Bertz CT molecular complexity index is 1090. The Morgan fingerprint density at radius 1 is 1.11 bits per heavy atom. The fourth-order valence-corrected chi connectivity index (χ4v) is 3.63. The van der Waals surface area contributed by atoms with E-state index in [0.717, 1.165) is 11.1 Å². The Hall–Kier alpha value is -3.00. The molecule has 1 N–H and O–H groups in total. The normalized spacial score (nSPS) is 11.6. The smallest absolute Gasteiger partial charge is 0.322 e. The average molecular weight is 399 g/mol. The van der Waals surface area contributed by atoms with Crippen molar-refractivity contribution < 1.29 is 17.6 Å². The summed E-state index contributed by atoms with van der Waals surface area (Å²) in [6.07, 6.45) is 0.329. The zero-order chi connectivity index (χ0) is 20.3. The Morgan fingerprint density at radius 3 is 2.46 bits per heavy atom. The van der Waals surface area contributed by atoms with Gasteiger partial charge in [0.05, 0.1) is 16.6 Å². The van der Waals surface area contributed by atoms with Crippen LogP contribution in [0, 0.1) is 6.92 Å². The number of hydrogen-bond acceptors (Lipinski definition) is 6. The van der Waals surface area contributed by atoms with Gasteiger partial charge < -0.3 is 4.42 Å². The van der Waals surface area contributed by atoms with Gasteiger partial charge >= 0.3 is 6.01 Å². The van der Waals surface area contributed by atoms with Gasteiger partial charge in [0.1, 0.15) is 0 Å². The summed E-state index contributed by atoms with van der Waals surface area (Å²) in [4.78, 5) is 12.5. The van der Waals surface area contributed by atoms with Crippen molar-refractivity contribution in [3.05, 3.63) is 71.1 Å². The zero-order valence-corrected chi connectivity index (χ0v) is 16.7. The van der Waals surface area contributed by atoms with E-state index < -0.39 is 15.1 Å². The molecule has 3 aromatic rings. The van der Waals surface area contributed by atoms with Gasteiger partial charge in [-0.2, -0.15) is 0 Å². The van der Waals surface area contributed by atoms with Gasteiger partial charge in [-0.15, -0.1) is 5.10 Å². The van der Waals surface area contributed by atoms with Crippen molar-refractivity contribution in [2.75, 3.05) is 5.32 Å². The predicted octanol–water partition coefficient (Wildman–Crippen LogP) is 3.40. The number of carbonyl (C=O) groups is 1. The number of sulfone groups is 1. The number of aryl methyl sites for hydroxylation is 1. The molecule has 0 spiro atoms. The summed E-state index contributed by atoms with van der Waals surface area (Å²) in [5, 5.41) is 9.86. The number of hydrogen-bond donors (Lipinski definition) is 1. The first-order chi connectivity index (χ1) is 13.3. The molecule has 1 aromatic heterocycles. The summed E-state index contributed by atoms with van der Waals surface area (Å²) in [6, 6.07) is 13.7. The molecule has 3 rings (SSSR count). The van der Waals surface area contributed by atoms with E-state index in [0.29, 0.717) is 17.9 Å². The van der Waals surface area contributed by atoms with Crippen LogP contribution >= 0.6 is 0 Å². The third kappa shape index (κ3) is 4.45. The standard InChI is InChI=1S/C20H21N3O4S/c1-13(2)28(25,26)17-9-7-15(8-10-17)12-18-22-23-20(27-18)21-19(24)16-6-4-5-14(3)11-16/h4-11,13H,12H2,1-3H3,(H,21,23,24). The highest BCUT2D eigenvalue weighted by Crippen LogP contribution is 2.18. The van der Waals surface area contributed by atoms with Crippen molar-refractivity contribution in [2.45, 2.75) is 37.3 Å². The fourth-order valence-electron chi connectivity index (χ4n) is 2.57. The molecule has 0 radical (unpaired) electrons. The third-order valence-electron chi connectivity index (χ3n) is 4.20. The first kappa shape index (κ1) is 19.8. The molecule has 1 heterocycles. The fraction of sp³-hybridized carbons (Fsp3) is 0.250. The van der Waals surface area contributed by atoms with Crippen LogP contribution in [0.5, 0.6) is 0 Å². The lowest BCUT2D eigenvalue weighted by Crippen LogP contribution is -2.13. The molecule has 0 saturated heterocycles. The molecule has 0 unspecified atom stereocenters. The van der Waals surface area contributed by atoms with Crippen molar-refractivity contribution in [1.82, 2.24) is 10.2 Å². The number of rotatable bonds is 6. The van der Waals surface area contributed by atoms with E-state index in [9.17, 15) is 13.2 Å². The van der Waals surface area contributed by atoms with Crippen LogP contribution in [0.1, 0.15) is 41.2 Å². The topological polar surface area (TPSA) is 102 Å². The van der Waals surface area contributed by atoms with Crippen molar-refractivity contribution in [2.24, 2.45) is 0 Å². The number of benzene rings is 2. The molecule has 0 bridgehead atoms. The molecule has 0 atom stereocenters. The summed E-state index contributed by atoms with van der Waals surface area (Å²) in [6.45, 7) is 5.20. The number of amides is 1. The molecule has 2 aromatic carbocycles. The van der Waals surface area contributed by atoms with Crippen molar-refractivity contribution in [3.8, 4) is 0 Å². The third-order valence-corrected chi connectivity index (χ3v) is 6.37. The van der Waals surface area contributed by atoms with Gasteiger partial charge in [0.2, 0.25) is 5.89 Å². The molecule has 0 fully saturated rings. The average Bonchev–Trinajstić information content (AvgIpc) is 3.08. The van der Waals surface area contributed by atoms with Gasteiger partial charge in [0.25, 0.3) is 5.91 Å². The van der Waals surface area contributed by atoms with Crippen LogP contribution in [0.25, 0.3) is 0 Å². The summed E-state index contributed by atoms with van der Waals surface area (Å²) in [5.74, 6) is -0.0128. The first-order valence-electron chi connectivity index (χ1n) is 8.79. The molecule has 0 saturated carbocycles. The van der Waals surface area contributed by atoms with Crippen LogP contribution in [0.15, 0.2) is 57.8 Å². The molecule has 1 amide bonds. The SMILES string of the molecule is Cc1cccc(C(=O)Nc2nnc(Cc3ccc(S(=O)(=O)C(C)C)cc3)o2)c1. The second-order valence-electron chi connectivity index (χ2n) is 6.74. The van der Waals surface area contributed by atoms with Crippen molar-refractivity contribution in [3.63, 3.8) is 0 Å². The van der Waals surface area contributed by atoms with E-state index in [4.69, 9.17) is 4.42 Å². The van der Waals surface area contributed by atoms with Crippen LogP contribution in [0.3, 0.4) is 0 Å². The van der Waals surface area contributed by atoms with Crippen LogP contribution in [0.4, 0.5) is 6.01 Å². The van der Waals surface area contributed by atoms with Crippen molar-refractivity contribution >= 4 is 21.8 Å². The molecule has 7 nitrogen and oxygen atoms in total. The van der Waals surface area contributed by atoms with Gasteiger partial charge in [-0.1, -0.05) is 34.9 Å². The molecule has 0 aliphatic rings. The molecule has 0 aliphatic heterocycles. The molecule has 0 aliphatic carbocycles. The molecular weight excluding hydrogens is 378 g/mol. The van der Waals surface area contributed by atoms with E-state index in [-0.39, 0.29) is 16.8 Å². The predicted molar refractivity (Wildman–Crippen MR) is 105 cm³/mol. The maximum absolute atomic E-state index is 12.2. The van der Waals surface area contributed by atoms with Crippen LogP contribution in [0.2, 0.25) is 0 Å². The zero-order valence-electron chi connectivity index (χ0n) is 15.8. The minimum absolute atomic E-state index is 0.0144. The number of aromatic nitrogens is 2. The van der Waals surface area contributed by atoms with Crippen LogP contribution in [-0.4, -0.2) is 29.8 Å². The van der Waals surface area contributed by atoms with E-state index >= 15 is 0 Å². The monoisotopic (exact) mass is 399 g/mol. The van der Waals surface area contributed by atoms with Gasteiger partial charge in [-0.25, -0.2) is 8.42 Å². The van der Waals surface area contributed by atoms with E-state index in [1.54, 1.807) is 56.3 Å². The first-order valence-corrected chi connectivity index (χ1v) is 10.3. The molecular formula is C20H21N3O4S. The Labute approximate surface area is 163 Å². The second-order valence-corrected chi connectivity index (χ2v) is 9.24. The maximum Gasteiger partial charge on any atom is 0.322 e. The van der Waals surface area contributed by atoms with E-state index in [1.165, 1.54) is 0 Å². The lowest BCUT2D eigenvalue weighted by atomic mass is 10.1. The largest absolute Gasteiger partial charge is 0.407 e. The Kier molecular flexibility index (Phi) is 5.60. The second kappa shape index (κ2) is 7.93. The Morgan fingerprint density at radius 2 is 1.82 bits per heavy atom. The van der Waals surface area contributed by atoms with Gasteiger partial charge in [0.15, 0.2) is 9.84 Å². The highest BCUT2D eigenvalue weighted by molar-refractivity contribution is 7.92. The summed E-state index contributed by atoms with van der Waals surface area (Å²) in [7, 11) is -3.30. The number of nitrogens with zero attached hydrogens (tertiary/aromatic N) is 2. The summed E-state index contributed by atoms with van der Waals surface area (Å²) in [5.41, 5.74) is 2.30. The van der Waals surface area contributed by atoms with Crippen LogP contribution in [-0.2, 0) is 16.3 Å². The molecule has 28 heavy (non-hydrogen) atoms. The van der Waals surface area contributed by atoms with Gasteiger partial charge in [-0.3, -0.25) is 10.1 Å². The number of nitrogens with one attached hydrogen (secondary N) is 1. The van der Waals surface area contributed by atoms with Gasteiger partial charge in [0, 0.05) is 5.56 Å². The Balaban J connectivity index is 1.67. The molecule has 146 valence electrons.